The van der Waals surface area contributed by atoms with E-state index in [-0.39, 0.29) is 0 Å². The molecular formula is C7H20N2O4Si. The Kier molecular flexibility index (Phi) is 14.0. The summed E-state index contributed by atoms with van der Waals surface area (Å²) in [7, 11) is 3.05. The van der Waals surface area contributed by atoms with Crippen LogP contribution in [0.2, 0.25) is 0 Å². The summed E-state index contributed by atoms with van der Waals surface area (Å²) < 4.78 is 14.2. The summed E-state index contributed by atoms with van der Waals surface area (Å²) in [5.74, 6) is 0. The van der Waals surface area contributed by atoms with Gasteiger partial charge in [0.15, 0.2) is 0 Å². The van der Waals surface area contributed by atoms with Crippen LogP contribution in [0.3, 0.4) is 0 Å². The Morgan fingerprint density at radius 1 is 1.00 bits per heavy atom. The van der Waals surface area contributed by atoms with Crippen molar-refractivity contribution in [1.29, 1.82) is 0 Å². The second-order valence-corrected chi connectivity index (χ2v) is 4.45. The first-order chi connectivity index (χ1) is 6.58. The molecule has 0 radical (unpaired) electrons. The van der Waals surface area contributed by atoms with Gasteiger partial charge in [-0.25, -0.2) is 4.79 Å². The van der Waals surface area contributed by atoms with Gasteiger partial charge < -0.3 is 24.7 Å². The summed E-state index contributed by atoms with van der Waals surface area (Å²) in [5.41, 5.74) is 8.50. The Hall–Kier alpha value is -0.633. The van der Waals surface area contributed by atoms with Gasteiger partial charge in [0.1, 0.15) is 0 Å². The van der Waals surface area contributed by atoms with Crippen LogP contribution in [-0.4, -0.2) is 36.9 Å². The van der Waals surface area contributed by atoms with Crippen molar-refractivity contribution in [3.8, 4) is 0 Å². The van der Waals surface area contributed by atoms with Crippen LogP contribution in [0, 0.1) is 0 Å². The second kappa shape index (κ2) is 12.4. The molecule has 0 heterocycles. The van der Waals surface area contributed by atoms with E-state index in [9.17, 15) is 0 Å². The minimum Gasteiger partial charge on any atom is -0.379 e. The predicted octanol–water partition coefficient (Wildman–Crippen LogP) is -0.163. The maximum atomic E-state index is 9.00. The first-order valence-electron chi connectivity index (χ1n) is 4.21. The standard InChI is InChI=1S/C3H10O3Si.C3H6.CH4N2O/c1-4-7(5-2)6-3;1-2-3-1;2-1(3)4/h7H,1-3H3;1-3H2;(H4,2,3,4). The Morgan fingerprint density at radius 3 is 1.21 bits per heavy atom. The van der Waals surface area contributed by atoms with E-state index in [1.54, 1.807) is 21.3 Å². The third-order valence-electron chi connectivity index (χ3n) is 0.931. The Morgan fingerprint density at radius 2 is 1.21 bits per heavy atom. The van der Waals surface area contributed by atoms with E-state index in [2.05, 4.69) is 11.5 Å². The van der Waals surface area contributed by atoms with Crippen LogP contribution >= 0.6 is 0 Å². The number of hydrogen-bond acceptors (Lipinski definition) is 4. The van der Waals surface area contributed by atoms with Crippen molar-refractivity contribution in [3.05, 3.63) is 0 Å². The van der Waals surface area contributed by atoms with Crippen molar-refractivity contribution in [2.45, 2.75) is 19.3 Å². The number of carbonyl (C=O) groups excluding carboxylic acids is 1. The van der Waals surface area contributed by atoms with Crippen LogP contribution in [0.1, 0.15) is 19.3 Å². The van der Waals surface area contributed by atoms with E-state index < -0.39 is 15.6 Å². The molecule has 1 aliphatic carbocycles. The minimum atomic E-state index is -1.67. The molecule has 0 unspecified atom stereocenters. The van der Waals surface area contributed by atoms with Crippen molar-refractivity contribution in [2.75, 3.05) is 21.3 Å². The van der Waals surface area contributed by atoms with E-state index in [1.165, 1.54) is 19.3 Å². The summed E-state index contributed by atoms with van der Waals surface area (Å²) >= 11 is 0. The number of amides is 2. The SMILES string of the molecule is C1CC1.CO[SiH](OC)OC.NC(N)=O. The summed E-state index contributed by atoms with van der Waals surface area (Å²) in [4.78, 5) is 9.00. The molecule has 86 valence electrons. The van der Waals surface area contributed by atoms with Crippen LogP contribution in [0.25, 0.3) is 0 Å². The van der Waals surface area contributed by atoms with Gasteiger partial charge in [-0.15, -0.1) is 0 Å². The topological polar surface area (TPSA) is 96.8 Å². The molecule has 0 atom stereocenters. The van der Waals surface area contributed by atoms with Gasteiger partial charge >= 0.3 is 15.6 Å². The molecular weight excluding hydrogens is 204 g/mol. The third-order valence-corrected chi connectivity index (χ3v) is 2.09. The van der Waals surface area contributed by atoms with Crippen LogP contribution in [0.5, 0.6) is 0 Å². The molecule has 1 aliphatic rings. The van der Waals surface area contributed by atoms with E-state index in [0.29, 0.717) is 0 Å². The molecule has 14 heavy (non-hydrogen) atoms. The number of primary amides is 2. The molecule has 1 saturated carbocycles. The fourth-order valence-corrected chi connectivity index (χ4v) is 0.866. The van der Waals surface area contributed by atoms with Crippen molar-refractivity contribution in [2.24, 2.45) is 11.5 Å². The lowest BCUT2D eigenvalue weighted by atomic mass is 11.0. The zero-order chi connectivity index (χ0) is 11.4. The van der Waals surface area contributed by atoms with Crippen molar-refractivity contribution in [1.82, 2.24) is 0 Å². The van der Waals surface area contributed by atoms with Crippen LogP contribution in [-0.2, 0) is 13.3 Å². The summed E-state index contributed by atoms with van der Waals surface area (Å²) in [6.45, 7) is 0. The van der Waals surface area contributed by atoms with E-state index in [1.807, 2.05) is 0 Å². The van der Waals surface area contributed by atoms with Gasteiger partial charge in [0.2, 0.25) is 0 Å². The normalized spacial score (nSPS) is 12.0. The van der Waals surface area contributed by atoms with Crippen molar-refractivity contribution in [3.63, 3.8) is 0 Å². The van der Waals surface area contributed by atoms with E-state index >= 15 is 0 Å². The lowest BCUT2D eigenvalue weighted by Crippen LogP contribution is -2.21. The molecule has 0 aromatic heterocycles. The molecule has 0 saturated heterocycles. The van der Waals surface area contributed by atoms with Crippen molar-refractivity contribution >= 4 is 15.6 Å². The number of rotatable bonds is 3. The van der Waals surface area contributed by atoms with Gasteiger partial charge in [0.05, 0.1) is 0 Å². The average Bonchev–Trinajstić information content (AvgIpc) is 2.92. The zero-order valence-corrected chi connectivity index (χ0v) is 10.1. The Bertz CT molecular complexity index is 119. The van der Waals surface area contributed by atoms with Gasteiger partial charge in [-0.05, 0) is 0 Å². The first kappa shape index (κ1) is 15.8. The molecule has 7 heteroatoms. The molecule has 1 rings (SSSR count). The molecule has 6 nitrogen and oxygen atoms in total. The molecule has 1 fully saturated rings. The highest BCUT2D eigenvalue weighted by Gasteiger charge is 2.04. The summed E-state index contributed by atoms with van der Waals surface area (Å²) in [6, 6.07) is -0.833. The van der Waals surface area contributed by atoms with Gasteiger partial charge in [-0.1, -0.05) is 19.3 Å². The van der Waals surface area contributed by atoms with Crippen LogP contribution in [0.15, 0.2) is 0 Å². The van der Waals surface area contributed by atoms with Gasteiger partial charge in [-0.2, -0.15) is 0 Å². The lowest BCUT2D eigenvalue weighted by molar-refractivity contribution is 0.163. The maximum absolute atomic E-state index is 9.00. The highest BCUT2D eigenvalue weighted by Crippen LogP contribution is 2.14. The quantitative estimate of drug-likeness (QED) is 0.651. The number of hydrogen-bond donors (Lipinski definition) is 2. The fourth-order valence-electron chi connectivity index (χ4n) is 0.289. The number of carbonyl (C=O) groups is 1. The second-order valence-electron chi connectivity index (χ2n) is 2.46. The third kappa shape index (κ3) is 30.1. The molecule has 0 spiro atoms. The number of urea groups is 1. The zero-order valence-electron chi connectivity index (χ0n) is 8.99. The van der Waals surface area contributed by atoms with E-state index in [0.717, 1.165) is 0 Å². The summed E-state index contributed by atoms with van der Waals surface area (Å²) in [5, 5.41) is 0. The molecule has 0 bridgehead atoms. The van der Waals surface area contributed by atoms with E-state index in [4.69, 9.17) is 18.1 Å². The monoisotopic (exact) mass is 224 g/mol. The summed E-state index contributed by atoms with van der Waals surface area (Å²) in [6.07, 6.45) is 4.50. The average molecular weight is 224 g/mol. The molecule has 0 aliphatic heterocycles. The highest BCUT2D eigenvalue weighted by atomic mass is 28.3. The van der Waals surface area contributed by atoms with Crippen molar-refractivity contribution < 1.29 is 18.1 Å². The Labute approximate surface area is 86.5 Å². The molecule has 0 aromatic carbocycles. The van der Waals surface area contributed by atoms with Gasteiger partial charge in [-0.3, -0.25) is 0 Å². The Balaban J connectivity index is 0. The van der Waals surface area contributed by atoms with Crippen LogP contribution in [0.4, 0.5) is 4.79 Å². The van der Waals surface area contributed by atoms with Gasteiger partial charge in [0.25, 0.3) is 0 Å². The van der Waals surface area contributed by atoms with Gasteiger partial charge in [0, 0.05) is 21.3 Å². The number of nitrogens with two attached hydrogens (primary N) is 2. The minimum absolute atomic E-state index is 0.833. The first-order valence-corrected chi connectivity index (χ1v) is 5.63. The largest absolute Gasteiger partial charge is 0.483 e. The lowest BCUT2D eigenvalue weighted by Gasteiger charge is -2.05. The maximum Gasteiger partial charge on any atom is 0.483 e. The fraction of sp³-hybridized carbons (Fsp3) is 0.857. The molecule has 2 amide bonds. The van der Waals surface area contributed by atoms with Crippen LogP contribution < -0.4 is 11.5 Å². The molecule has 4 N–H and O–H groups in total. The highest BCUT2D eigenvalue weighted by molar-refractivity contribution is 6.36. The predicted molar refractivity (Wildman–Crippen MR) is 55.8 cm³/mol. The molecule has 0 aromatic rings. The smallest absolute Gasteiger partial charge is 0.379 e.